The molecule has 5 atom stereocenters. The Kier molecular flexibility index (Phi) is 1.27. The lowest BCUT2D eigenvalue weighted by molar-refractivity contribution is 0.430. The van der Waals surface area contributed by atoms with Gasteiger partial charge >= 0.3 is 0 Å². The van der Waals surface area contributed by atoms with Crippen molar-refractivity contribution in [2.45, 2.75) is 39.2 Å². The van der Waals surface area contributed by atoms with Gasteiger partial charge in [0.25, 0.3) is 0 Å². The maximum Gasteiger partial charge on any atom is 0.0132 e. The predicted octanol–water partition coefficient (Wildman–Crippen LogP) is 2.03. The summed E-state index contributed by atoms with van der Waals surface area (Å²) in [6.45, 7) is 5.81. The van der Waals surface area contributed by atoms with E-state index in [2.05, 4.69) is 19.2 Å². The summed E-state index contributed by atoms with van der Waals surface area (Å²) >= 11 is 0. The first-order valence-corrected chi connectivity index (χ1v) is 5.57. The summed E-state index contributed by atoms with van der Waals surface area (Å²) in [6.07, 6.45) is 4.55. The van der Waals surface area contributed by atoms with Crippen LogP contribution in [0.2, 0.25) is 0 Å². The molecule has 12 heavy (non-hydrogen) atoms. The summed E-state index contributed by atoms with van der Waals surface area (Å²) in [5.74, 6) is 3.28. The highest BCUT2D eigenvalue weighted by Gasteiger charge is 2.77. The molecule has 4 rings (SSSR count). The number of hydrogen-bond donors (Lipinski definition) is 1. The molecular formula is C11H19N. The SMILES string of the molecule is CCN[C@@H]1[C@@H]2C[C@@H]3[C@H]1[C@@]3(CC)C2. The van der Waals surface area contributed by atoms with E-state index in [4.69, 9.17) is 0 Å². The first-order chi connectivity index (χ1) is 5.83. The van der Waals surface area contributed by atoms with Crippen LogP contribution in [0.25, 0.3) is 0 Å². The van der Waals surface area contributed by atoms with Crippen LogP contribution in [-0.2, 0) is 0 Å². The van der Waals surface area contributed by atoms with E-state index in [1.54, 1.807) is 12.8 Å². The first-order valence-electron chi connectivity index (χ1n) is 5.57. The number of rotatable bonds is 3. The smallest absolute Gasteiger partial charge is 0.0132 e. The largest absolute Gasteiger partial charge is 0.314 e. The second-order valence-electron chi connectivity index (χ2n) is 5.00. The molecule has 4 aliphatic carbocycles. The highest BCUT2D eigenvalue weighted by Crippen LogP contribution is 2.80. The zero-order chi connectivity index (χ0) is 8.34. The van der Waals surface area contributed by atoms with Gasteiger partial charge in [-0.1, -0.05) is 13.8 Å². The fraction of sp³-hybridized carbons (Fsp3) is 1.00. The zero-order valence-electron chi connectivity index (χ0n) is 8.14. The van der Waals surface area contributed by atoms with E-state index in [9.17, 15) is 0 Å². The van der Waals surface area contributed by atoms with Crippen LogP contribution in [0, 0.1) is 23.2 Å². The van der Waals surface area contributed by atoms with Crippen molar-refractivity contribution >= 4 is 0 Å². The lowest BCUT2D eigenvalue weighted by Crippen LogP contribution is -2.32. The van der Waals surface area contributed by atoms with Crippen LogP contribution < -0.4 is 5.32 Å². The first kappa shape index (κ1) is 7.37. The van der Waals surface area contributed by atoms with Crippen LogP contribution in [0.15, 0.2) is 0 Å². The predicted molar refractivity (Wildman–Crippen MR) is 49.9 cm³/mol. The van der Waals surface area contributed by atoms with Gasteiger partial charge in [-0.3, -0.25) is 0 Å². The van der Waals surface area contributed by atoms with Crippen LogP contribution in [0.3, 0.4) is 0 Å². The van der Waals surface area contributed by atoms with Crippen molar-refractivity contribution in [2.75, 3.05) is 6.54 Å². The minimum absolute atomic E-state index is 0.845. The van der Waals surface area contributed by atoms with E-state index in [-0.39, 0.29) is 0 Å². The van der Waals surface area contributed by atoms with Crippen LogP contribution in [0.4, 0.5) is 0 Å². The van der Waals surface area contributed by atoms with E-state index in [1.807, 2.05) is 0 Å². The van der Waals surface area contributed by atoms with Gasteiger partial charge in [-0.25, -0.2) is 0 Å². The molecule has 4 fully saturated rings. The molecule has 1 nitrogen and oxygen atoms in total. The molecule has 0 heterocycles. The molecule has 0 amide bonds. The Hall–Kier alpha value is -0.0400. The Morgan fingerprint density at radius 3 is 2.75 bits per heavy atom. The lowest BCUT2D eigenvalue weighted by atomic mass is 10.0. The van der Waals surface area contributed by atoms with E-state index in [0.717, 1.165) is 29.2 Å². The van der Waals surface area contributed by atoms with Gasteiger partial charge in [0, 0.05) is 6.04 Å². The topological polar surface area (TPSA) is 12.0 Å². The van der Waals surface area contributed by atoms with Crippen molar-refractivity contribution in [3.8, 4) is 0 Å². The van der Waals surface area contributed by atoms with Gasteiger partial charge in [0.05, 0.1) is 0 Å². The van der Waals surface area contributed by atoms with Crippen LogP contribution >= 0.6 is 0 Å². The highest BCUT2D eigenvalue weighted by atomic mass is 15.0. The molecule has 0 radical (unpaired) electrons. The molecule has 0 aromatic rings. The Bertz CT molecular complexity index is 213. The van der Waals surface area contributed by atoms with Gasteiger partial charge in [0.15, 0.2) is 0 Å². The Morgan fingerprint density at radius 1 is 1.42 bits per heavy atom. The molecule has 0 aliphatic heterocycles. The van der Waals surface area contributed by atoms with E-state index < -0.39 is 0 Å². The molecule has 0 aromatic heterocycles. The summed E-state index contributed by atoms with van der Waals surface area (Å²) < 4.78 is 0. The Labute approximate surface area is 74.9 Å². The molecule has 4 saturated carbocycles. The quantitative estimate of drug-likeness (QED) is 0.674. The van der Waals surface area contributed by atoms with Crippen molar-refractivity contribution in [3.05, 3.63) is 0 Å². The fourth-order valence-corrected chi connectivity index (χ4v) is 4.52. The minimum Gasteiger partial charge on any atom is -0.314 e. The molecular weight excluding hydrogens is 146 g/mol. The lowest BCUT2D eigenvalue weighted by Gasteiger charge is -2.14. The maximum atomic E-state index is 3.69. The van der Waals surface area contributed by atoms with Crippen molar-refractivity contribution in [3.63, 3.8) is 0 Å². The number of hydrogen-bond acceptors (Lipinski definition) is 1. The summed E-state index contributed by atoms with van der Waals surface area (Å²) in [7, 11) is 0. The van der Waals surface area contributed by atoms with Crippen molar-refractivity contribution in [1.29, 1.82) is 0 Å². The summed E-state index contributed by atoms with van der Waals surface area (Å²) in [6, 6.07) is 0.917. The second-order valence-corrected chi connectivity index (χ2v) is 5.00. The van der Waals surface area contributed by atoms with Crippen molar-refractivity contribution in [2.24, 2.45) is 23.2 Å². The molecule has 1 heteroatoms. The summed E-state index contributed by atoms with van der Waals surface area (Å²) in [5, 5.41) is 3.69. The van der Waals surface area contributed by atoms with Crippen molar-refractivity contribution < 1.29 is 0 Å². The second kappa shape index (κ2) is 2.06. The van der Waals surface area contributed by atoms with Crippen LogP contribution in [0.1, 0.15) is 33.1 Å². The van der Waals surface area contributed by atoms with E-state index in [1.165, 1.54) is 13.0 Å². The summed E-state index contributed by atoms with van der Waals surface area (Å²) in [5.41, 5.74) is 0.845. The van der Waals surface area contributed by atoms with Crippen LogP contribution in [0.5, 0.6) is 0 Å². The molecule has 0 unspecified atom stereocenters. The molecule has 68 valence electrons. The van der Waals surface area contributed by atoms with E-state index >= 15 is 0 Å². The Morgan fingerprint density at radius 2 is 2.25 bits per heavy atom. The van der Waals surface area contributed by atoms with Gasteiger partial charge in [0.2, 0.25) is 0 Å². The van der Waals surface area contributed by atoms with Gasteiger partial charge in [-0.15, -0.1) is 0 Å². The third kappa shape index (κ3) is 0.585. The van der Waals surface area contributed by atoms with Crippen LogP contribution in [-0.4, -0.2) is 12.6 Å². The third-order valence-electron chi connectivity index (χ3n) is 4.92. The highest BCUT2D eigenvalue weighted by molar-refractivity contribution is 5.27. The zero-order valence-corrected chi connectivity index (χ0v) is 8.14. The average molecular weight is 165 g/mol. The molecule has 0 spiro atoms. The number of nitrogens with one attached hydrogen (secondary N) is 1. The third-order valence-corrected chi connectivity index (χ3v) is 4.92. The monoisotopic (exact) mass is 165 g/mol. The van der Waals surface area contributed by atoms with Gasteiger partial charge in [-0.05, 0) is 49.0 Å². The molecule has 4 bridgehead atoms. The fourth-order valence-electron chi connectivity index (χ4n) is 4.52. The molecule has 0 saturated heterocycles. The van der Waals surface area contributed by atoms with E-state index in [0.29, 0.717) is 0 Å². The normalized spacial score (nSPS) is 59.5. The minimum atomic E-state index is 0.845. The Balaban J connectivity index is 1.81. The van der Waals surface area contributed by atoms with Gasteiger partial charge < -0.3 is 5.32 Å². The van der Waals surface area contributed by atoms with Gasteiger partial charge in [-0.2, -0.15) is 0 Å². The standard InChI is InChI=1S/C11H19N/c1-3-11-6-7-5-8(11)9(11)10(7)12-4-2/h7-10,12H,3-6H2,1-2H3/t7-,8-,9-,10-,11+/m1/s1. The average Bonchev–Trinajstić information content (AvgIpc) is 2.49. The van der Waals surface area contributed by atoms with Crippen molar-refractivity contribution in [1.82, 2.24) is 5.32 Å². The summed E-state index contributed by atoms with van der Waals surface area (Å²) in [4.78, 5) is 0. The molecule has 0 aromatic carbocycles. The van der Waals surface area contributed by atoms with Gasteiger partial charge in [0.1, 0.15) is 0 Å². The maximum absolute atomic E-state index is 3.69. The molecule has 1 N–H and O–H groups in total. The molecule has 4 aliphatic rings.